The molecule has 0 radical (unpaired) electrons. The lowest BCUT2D eigenvalue weighted by atomic mass is 10.1. The van der Waals surface area contributed by atoms with E-state index in [1.807, 2.05) is 0 Å². The SMILES string of the molecule is CC(=O)[O-].CCCCCCCCCCCC[NH+](CC)CC. The minimum Gasteiger partial charge on any atom is -0.550 e. The molecular weight excluding hydrogens is 262 g/mol. The zero-order chi connectivity index (χ0) is 16.3. The van der Waals surface area contributed by atoms with Gasteiger partial charge in [-0.05, 0) is 33.6 Å². The van der Waals surface area contributed by atoms with Gasteiger partial charge in [0.25, 0.3) is 0 Å². The second kappa shape index (κ2) is 19.4. The van der Waals surface area contributed by atoms with E-state index < -0.39 is 5.97 Å². The molecule has 0 aromatic carbocycles. The summed E-state index contributed by atoms with van der Waals surface area (Å²) in [5.41, 5.74) is 0. The molecule has 0 saturated heterocycles. The third-order valence-electron chi connectivity index (χ3n) is 3.88. The molecule has 0 aliphatic heterocycles. The van der Waals surface area contributed by atoms with Crippen LogP contribution >= 0.6 is 0 Å². The molecule has 0 fully saturated rings. The summed E-state index contributed by atoms with van der Waals surface area (Å²) in [7, 11) is 0. The van der Waals surface area contributed by atoms with Gasteiger partial charge in [0.1, 0.15) is 0 Å². The van der Waals surface area contributed by atoms with E-state index in [0.717, 1.165) is 6.92 Å². The van der Waals surface area contributed by atoms with Gasteiger partial charge in [0, 0.05) is 5.97 Å². The molecule has 0 rings (SSSR count). The fourth-order valence-corrected chi connectivity index (χ4v) is 2.47. The van der Waals surface area contributed by atoms with Crippen molar-refractivity contribution in [1.82, 2.24) is 0 Å². The van der Waals surface area contributed by atoms with E-state index in [1.165, 1.54) is 83.8 Å². The van der Waals surface area contributed by atoms with Crippen LogP contribution in [0.2, 0.25) is 0 Å². The summed E-state index contributed by atoms with van der Waals surface area (Å²) < 4.78 is 0. The van der Waals surface area contributed by atoms with Crippen molar-refractivity contribution in [3.8, 4) is 0 Å². The first-order valence-corrected chi connectivity index (χ1v) is 9.09. The molecule has 0 saturated carbocycles. The summed E-state index contributed by atoms with van der Waals surface area (Å²) in [4.78, 5) is 10.7. The first kappa shape index (κ1) is 22.7. The summed E-state index contributed by atoms with van der Waals surface area (Å²) in [6.07, 6.45) is 14.5. The molecule has 0 amide bonds. The van der Waals surface area contributed by atoms with Gasteiger partial charge in [0.05, 0.1) is 19.6 Å². The summed E-state index contributed by atoms with van der Waals surface area (Å²) in [6.45, 7) is 11.9. The van der Waals surface area contributed by atoms with Crippen molar-refractivity contribution in [3.05, 3.63) is 0 Å². The fourth-order valence-electron chi connectivity index (χ4n) is 2.47. The zero-order valence-corrected chi connectivity index (χ0v) is 15.0. The monoisotopic (exact) mass is 301 g/mol. The van der Waals surface area contributed by atoms with Crippen LogP contribution in [0.4, 0.5) is 0 Å². The minimum absolute atomic E-state index is 0.972. The molecule has 128 valence electrons. The molecule has 1 N–H and O–H groups in total. The zero-order valence-electron chi connectivity index (χ0n) is 15.0. The molecule has 21 heavy (non-hydrogen) atoms. The Morgan fingerprint density at radius 1 is 0.762 bits per heavy atom. The number of carboxylic acid groups (broad SMARTS) is 1. The minimum atomic E-state index is -1.08. The molecule has 0 bridgehead atoms. The summed E-state index contributed by atoms with van der Waals surface area (Å²) in [5.74, 6) is -1.08. The van der Waals surface area contributed by atoms with Gasteiger partial charge < -0.3 is 14.8 Å². The highest BCUT2D eigenvalue weighted by Crippen LogP contribution is 2.09. The number of hydrogen-bond acceptors (Lipinski definition) is 2. The van der Waals surface area contributed by atoms with E-state index in [1.54, 1.807) is 4.90 Å². The van der Waals surface area contributed by atoms with Crippen molar-refractivity contribution in [2.75, 3.05) is 19.6 Å². The molecule has 0 aromatic rings. The number of unbranched alkanes of at least 4 members (excludes halogenated alkanes) is 9. The molecule has 3 nitrogen and oxygen atoms in total. The Hall–Kier alpha value is -0.570. The van der Waals surface area contributed by atoms with Crippen molar-refractivity contribution < 1.29 is 14.8 Å². The second-order valence-corrected chi connectivity index (χ2v) is 5.88. The van der Waals surface area contributed by atoms with Crippen molar-refractivity contribution >= 4 is 5.97 Å². The van der Waals surface area contributed by atoms with Crippen molar-refractivity contribution in [2.24, 2.45) is 0 Å². The Balaban J connectivity index is 0. The second-order valence-electron chi connectivity index (χ2n) is 5.88. The van der Waals surface area contributed by atoms with Crippen LogP contribution in [0.25, 0.3) is 0 Å². The highest BCUT2D eigenvalue weighted by Gasteiger charge is 2.00. The Labute approximate surface area is 133 Å². The molecule has 0 heterocycles. The van der Waals surface area contributed by atoms with E-state index >= 15 is 0 Å². The Morgan fingerprint density at radius 2 is 1.10 bits per heavy atom. The summed E-state index contributed by atoms with van der Waals surface area (Å²) in [6, 6.07) is 0. The van der Waals surface area contributed by atoms with Crippen LogP contribution in [0.1, 0.15) is 91.9 Å². The number of carbonyl (C=O) groups excluding carboxylic acids is 1. The quantitative estimate of drug-likeness (QED) is 0.531. The van der Waals surface area contributed by atoms with Gasteiger partial charge >= 0.3 is 0 Å². The molecule has 0 spiro atoms. The lowest BCUT2D eigenvalue weighted by Gasteiger charge is -2.14. The van der Waals surface area contributed by atoms with E-state index in [9.17, 15) is 0 Å². The maximum absolute atomic E-state index is 8.89. The molecule has 0 atom stereocenters. The standard InChI is InChI=1S/C16H35N.C2H4O2/c1-4-7-8-9-10-11-12-13-14-15-16-17(5-2)6-3;1-2(3)4/h4-16H2,1-3H3;1H3,(H,3,4). The van der Waals surface area contributed by atoms with E-state index in [4.69, 9.17) is 9.90 Å². The predicted molar refractivity (Wildman–Crippen MR) is 89.4 cm³/mol. The topological polar surface area (TPSA) is 44.6 Å². The number of hydrogen-bond donors (Lipinski definition) is 1. The van der Waals surface area contributed by atoms with Gasteiger partial charge in [-0.2, -0.15) is 0 Å². The molecule has 0 aromatic heterocycles. The number of quaternary nitrogens is 1. The van der Waals surface area contributed by atoms with Crippen molar-refractivity contribution in [2.45, 2.75) is 91.9 Å². The largest absolute Gasteiger partial charge is 0.550 e. The van der Waals surface area contributed by atoms with Crippen LogP contribution in [-0.2, 0) is 4.79 Å². The van der Waals surface area contributed by atoms with Gasteiger partial charge in [-0.3, -0.25) is 0 Å². The number of carbonyl (C=O) groups is 1. The summed E-state index contributed by atoms with van der Waals surface area (Å²) in [5, 5.41) is 8.89. The molecule has 0 unspecified atom stereocenters. The van der Waals surface area contributed by atoms with Gasteiger partial charge in [0.15, 0.2) is 0 Å². The van der Waals surface area contributed by atoms with E-state index in [0.29, 0.717) is 0 Å². The average Bonchev–Trinajstić information content (AvgIpc) is 2.44. The Kier molecular flexibility index (Phi) is 21.0. The smallest absolute Gasteiger partial charge is 0.0770 e. The lowest BCUT2D eigenvalue weighted by molar-refractivity contribution is -0.896. The van der Waals surface area contributed by atoms with Crippen LogP contribution in [0, 0.1) is 0 Å². The van der Waals surface area contributed by atoms with Crippen LogP contribution in [0.5, 0.6) is 0 Å². The highest BCUT2D eigenvalue weighted by molar-refractivity contribution is 5.60. The Morgan fingerprint density at radius 3 is 1.43 bits per heavy atom. The molecular formula is C18H39NO2. The normalized spacial score (nSPS) is 10.3. The Bertz CT molecular complexity index is 199. The number of carboxylic acids is 1. The highest BCUT2D eigenvalue weighted by atomic mass is 16.4. The molecule has 3 heteroatoms. The first-order chi connectivity index (χ1) is 10.1. The van der Waals surface area contributed by atoms with Crippen molar-refractivity contribution in [3.63, 3.8) is 0 Å². The maximum atomic E-state index is 8.89. The van der Waals surface area contributed by atoms with E-state index in [-0.39, 0.29) is 0 Å². The maximum Gasteiger partial charge on any atom is 0.0770 e. The average molecular weight is 302 g/mol. The van der Waals surface area contributed by atoms with Crippen LogP contribution in [-0.4, -0.2) is 25.6 Å². The number of rotatable bonds is 13. The summed E-state index contributed by atoms with van der Waals surface area (Å²) >= 11 is 0. The predicted octanol–water partition coefficient (Wildman–Crippen LogP) is 2.59. The van der Waals surface area contributed by atoms with Crippen LogP contribution < -0.4 is 10.0 Å². The molecule has 0 aliphatic rings. The van der Waals surface area contributed by atoms with Gasteiger partial charge in [-0.25, -0.2) is 0 Å². The van der Waals surface area contributed by atoms with E-state index in [2.05, 4.69) is 20.8 Å². The first-order valence-electron chi connectivity index (χ1n) is 9.09. The van der Waals surface area contributed by atoms with Crippen LogP contribution in [0.15, 0.2) is 0 Å². The third-order valence-corrected chi connectivity index (χ3v) is 3.88. The third kappa shape index (κ3) is 24.8. The van der Waals surface area contributed by atoms with Crippen molar-refractivity contribution in [1.29, 1.82) is 0 Å². The number of aliphatic carboxylic acids is 1. The van der Waals surface area contributed by atoms with Crippen LogP contribution in [0.3, 0.4) is 0 Å². The fraction of sp³-hybridized carbons (Fsp3) is 0.944. The van der Waals surface area contributed by atoms with Gasteiger partial charge in [0.2, 0.25) is 0 Å². The number of nitrogens with one attached hydrogen (secondary N) is 1. The lowest BCUT2D eigenvalue weighted by Crippen LogP contribution is -3.11. The van der Waals surface area contributed by atoms with Gasteiger partial charge in [-0.15, -0.1) is 0 Å². The van der Waals surface area contributed by atoms with Gasteiger partial charge in [-0.1, -0.05) is 58.3 Å². The molecule has 0 aliphatic carbocycles.